The molecule has 0 aromatic carbocycles. The molecule has 3 aromatic heterocycles. The van der Waals surface area contributed by atoms with Crippen LogP contribution in [0.1, 0.15) is 52.1 Å². The van der Waals surface area contributed by atoms with Crippen molar-refractivity contribution in [3.05, 3.63) is 24.2 Å². The Morgan fingerprint density at radius 1 is 1.11 bits per heavy atom. The van der Waals surface area contributed by atoms with Gasteiger partial charge < -0.3 is 10.1 Å². The van der Waals surface area contributed by atoms with Gasteiger partial charge in [-0.3, -0.25) is 5.10 Å². The van der Waals surface area contributed by atoms with Gasteiger partial charge in [0.2, 0.25) is 5.88 Å². The zero-order valence-electron chi connectivity index (χ0n) is 16.5. The first-order valence-corrected chi connectivity index (χ1v) is 9.73. The van der Waals surface area contributed by atoms with Crippen molar-refractivity contribution in [2.75, 3.05) is 11.9 Å². The molecule has 0 aliphatic rings. The maximum atomic E-state index is 5.51. The van der Waals surface area contributed by atoms with E-state index < -0.39 is 0 Å². The second-order valence-electron chi connectivity index (χ2n) is 6.70. The molecule has 0 unspecified atom stereocenters. The molecule has 0 saturated heterocycles. The fourth-order valence-corrected chi connectivity index (χ4v) is 3.34. The molecule has 0 fully saturated rings. The fourth-order valence-electron chi connectivity index (χ4n) is 3.34. The standard InChI is InChI=1S/C20H28N6O/c1-5-8-14(9-6-2)24-20-18-15(10-13(4)23-20)25-26-19(18)16-11-17(27-7-3)22-12-21-16/h10-12,14H,5-9H2,1-4H3,(H,23,24)(H,25,26). The molecule has 7 nitrogen and oxygen atoms in total. The van der Waals surface area contributed by atoms with Gasteiger partial charge in [-0.05, 0) is 32.8 Å². The highest BCUT2D eigenvalue weighted by atomic mass is 16.5. The van der Waals surface area contributed by atoms with Crippen LogP contribution in [-0.4, -0.2) is 37.8 Å². The molecule has 0 bridgehead atoms. The number of hydrogen-bond acceptors (Lipinski definition) is 6. The van der Waals surface area contributed by atoms with E-state index in [-0.39, 0.29) is 0 Å². The number of anilines is 1. The Kier molecular flexibility index (Phi) is 6.21. The minimum absolute atomic E-state index is 0.393. The van der Waals surface area contributed by atoms with Crippen molar-refractivity contribution < 1.29 is 4.74 Å². The topological polar surface area (TPSA) is 88.6 Å². The monoisotopic (exact) mass is 368 g/mol. The number of aromatic amines is 1. The Bertz CT molecular complexity index is 885. The number of nitrogens with zero attached hydrogens (tertiary/aromatic N) is 4. The Morgan fingerprint density at radius 2 is 1.89 bits per heavy atom. The summed E-state index contributed by atoms with van der Waals surface area (Å²) in [4.78, 5) is 13.3. The maximum absolute atomic E-state index is 5.51. The fraction of sp³-hybridized carbons (Fsp3) is 0.500. The largest absolute Gasteiger partial charge is 0.478 e. The zero-order valence-corrected chi connectivity index (χ0v) is 16.5. The number of H-pyrrole nitrogens is 1. The first-order valence-electron chi connectivity index (χ1n) is 9.73. The second-order valence-corrected chi connectivity index (χ2v) is 6.70. The molecule has 3 rings (SSSR count). The summed E-state index contributed by atoms with van der Waals surface area (Å²) in [6.45, 7) is 8.91. The summed E-state index contributed by atoms with van der Waals surface area (Å²) in [5, 5.41) is 12.3. The van der Waals surface area contributed by atoms with Crippen LogP contribution in [0, 0.1) is 6.92 Å². The van der Waals surface area contributed by atoms with Crippen LogP contribution < -0.4 is 10.1 Å². The van der Waals surface area contributed by atoms with E-state index in [0.717, 1.165) is 59.5 Å². The summed E-state index contributed by atoms with van der Waals surface area (Å²) in [6, 6.07) is 4.22. The van der Waals surface area contributed by atoms with Gasteiger partial charge in [0.05, 0.1) is 23.2 Å². The number of aromatic nitrogens is 5. The molecule has 144 valence electrons. The number of nitrogens with one attached hydrogen (secondary N) is 2. The summed E-state index contributed by atoms with van der Waals surface area (Å²) < 4.78 is 5.51. The maximum Gasteiger partial charge on any atom is 0.216 e. The van der Waals surface area contributed by atoms with Crippen LogP contribution in [0.4, 0.5) is 5.82 Å². The molecule has 0 amide bonds. The van der Waals surface area contributed by atoms with Gasteiger partial charge in [-0.1, -0.05) is 26.7 Å². The minimum Gasteiger partial charge on any atom is -0.478 e. The number of fused-ring (bicyclic) bond motifs is 1. The molecular weight excluding hydrogens is 340 g/mol. The van der Waals surface area contributed by atoms with Crippen LogP contribution in [0.15, 0.2) is 18.5 Å². The number of hydrogen-bond donors (Lipinski definition) is 2. The van der Waals surface area contributed by atoms with Crippen LogP contribution in [0.25, 0.3) is 22.3 Å². The Labute approximate surface area is 160 Å². The predicted octanol–water partition coefficient (Wildman–Crippen LogP) is 4.50. The van der Waals surface area contributed by atoms with Crippen LogP contribution in [0.2, 0.25) is 0 Å². The SMILES string of the molecule is CCCC(CCC)Nc1nc(C)cc2[nH]nc(-c3cc(OCC)ncn3)c12. The average molecular weight is 368 g/mol. The summed E-state index contributed by atoms with van der Waals surface area (Å²) in [5.74, 6) is 1.40. The van der Waals surface area contributed by atoms with E-state index >= 15 is 0 Å². The smallest absolute Gasteiger partial charge is 0.216 e. The summed E-state index contributed by atoms with van der Waals surface area (Å²) in [5.41, 5.74) is 3.37. The van der Waals surface area contributed by atoms with Gasteiger partial charge in [-0.15, -0.1) is 0 Å². The molecule has 0 spiro atoms. The van der Waals surface area contributed by atoms with Crippen molar-refractivity contribution in [2.24, 2.45) is 0 Å². The first kappa shape index (κ1) is 19.1. The lowest BCUT2D eigenvalue weighted by atomic mass is 10.1. The van der Waals surface area contributed by atoms with E-state index in [1.54, 1.807) is 0 Å². The van der Waals surface area contributed by atoms with Gasteiger partial charge in [0.15, 0.2) is 0 Å². The lowest BCUT2D eigenvalue weighted by molar-refractivity contribution is 0.326. The third-order valence-corrected chi connectivity index (χ3v) is 4.46. The third-order valence-electron chi connectivity index (χ3n) is 4.46. The van der Waals surface area contributed by atoms with Gasteiger partial charge in [0.25, 0.3) is 0 Å². The normalized spacial score (nSPS) is 11.3. The summed E-state index contributed by atoms with van der Waals surface area (Å²) in [7, 11) is 0. The summed E-state index contributed by atoms with van der Waals surface area (Å²) in [6.07, 6.45) is 6.00. The predicted molar refractivity (Wildman–Crippen MR) is 108 cm³/mol. The molecule has 0 radical (unpaired) electrons. The second kappa shape index (κ2) is 8.79. The van der Waals surface area contributed by atoms with E-state index in [4.69, 9.17) is 9.72 Å². The van der Waals surface area contributed by atoms with Crippen molar-refractivity contribution in [1.82, 2.24) is 25.1 Å². The molecule has 7 heteroatoms. The quantitative estimate of drug-likeness (QED) is 0.578. The number of aryl methyl sites for hydroxylation is 1. The number of ether oxygens (including phenoxy) is 1. The number of pyridine rings is 1. The van der Waals surface area contributed by atoms with E-state index in [1.165, 1.54) is 6.33 Å². The Hall–Kier alpha value is -2.70. The average Bonchev–Trinajstić information content (AvgIpc) is 3.06. The van der Waals surface area contributed by atoms with Crippen LogP contribution >= 0.6 is 0 Å². The molecule has 3 heterocycles. The van der Waals surface area contributed by atoms with E-state index in [9.17, 15) is 0 Å². The lowest BCUT2D eigenvalue weighted by Gasteiger charge is -2.19. The van der Waals surface area contributed by atoms with Crippen LogP contribution in [-0.2, 0) is 0 Å². The third kappa shape index (κ3) is 4.35. The highest BCUT2D eigenvalue weighted by Gasteiger charge is 2.18. The van der Waals surface area contributed by atoms with E-state index in [0.29, 0.717) is 18.5 Å². The zero-order chi connectivity index (χ0) is 19.2. The van der Waals surface area contributed by atoms with Gasteiger partial charge >= 0.3 is 0 Å². The van der Waals surface area contributed by atoms with Crippen molar-refractivity contribution in [3.63, 3.8) is 0 Å². The molecule has 0 aliphatic carbocycles. The first-order chi connectivity index (χ1) is 13.2. The Morgan fingerprint density at radius 3 is 2.59 bits per heavy atom. The highest BCUT2D eigenvalue weighted by Crippen LogP contribution is 2.32. The van der Waals surface area contributed by atoms with Crippen molar-refractivity contribution in [3.8, 4) is 17.3 Å². The molecule has 2 N–H and O–H groups in total. The molecule has 0 atom stereocenters. The van der Waals surface area contributed by atoms with Gasteiger partial charge in [-0.25, -0.2) is 15.0 Å². The van der Waals surface area contributed by atoms with Crippen molar-refractivity contribution in [1.29, 1.82) is 0 Å². The van der Waals surface area contributed by atoms with Crippen molar-refractivity contribution >= 4 is 16.7 Å². The molecule has 0 saturated carbocycles. The van der Waals surface area contributed by atoms with Gasteiger partial charge in [-0.2, -0.15) is 5.10 Å². The van der Waals surface area contributed by atoms with Gasteiger partial charge in [0, 0.05) is 17.8 Å². The molecule has 27 heavy (non-hydrogen) atoms. The van der Waals surface area contributed by atoms with Crippen molar-refractivity contribution in [2.45, 2.75) is 59.4 Å². The van der Waals surface area contributed by atoms with Crippen LogP contribution in [0.3, 0.4) is 0 Å². The van der Waals surface area contributed by atoms with Crippen LogP contribution in [0.5, 0.6) is 5.88 Å². The van der Waals surface area contributed by atoms with E-state index in [2.05, 4.69) is 39.3 Å². The van der Waals surface area contributed by atoms with E-state index in [1.807, 2.05) is 26.0 Å². The van der Waals surface area contributed by atoms with Gasteiger partial charge in [0.1, 0.15) is 17.8 Å². The lowest BCUT2D eigenvalue weighted by Crippen LogP contribution is -2.20. The molecule has 3 aromatic rings. The molecule has 0 aliphatic heterocycles. The summed E-state index contributed by atoms with van der Waals surface area (Å²) >= 11 is 0. The highest BCUT2D eigenvalue weighted by molar-refractivity contribution is 6.00. The Balaban J connectivity index is 2.06. The minimum atomic E-state index is 0.393. The number of rotatable bonds is 9. The molecular formula is C20H28N6O.